The standard InChI is InChI=1S/C11H13ClO2/c1-2-3-6-14-11-5-4-10(12)7-9(11)8-13/h2-5,7,13H,6,8H2,1H3/b3-2+. The molecule has 0 saturated heterocycles. The van der Waals surface area contributed by atoms with Crippen LogP contribution in [0.2, 0.25) is 5.02 Å². The maximum absolute atomic E-state index is 9.04. The highest BCUT2D eigenvalue weighted by molar-refractivity contribution is 6.30. The Labute approximate surface area is 88.8 Å². The average molecular weight is 213 g/mol. The van der Waals surface area contributed by atoms with Gasteiger partial charge in [0.1, 0.15) is 12.4 Å². The second kappa shape index (κ2) is 5.68. The first-order chi connectivity index (χ1) is 6.77. The summed E-state index contributed by atoms with van der Waals surface area (Å²) in [5.41, 5.74) is 0.710. The molecule has 0 spiro atoms. The van der Waals surface area contributed by atoms with Crippen LogP contribution in [-0.4, -0.2) is 11.7 Å². The van der Waals surface area contributed by atoms with Crippen molar-refractivity contribution in [2.75, 3.05) is 6.61 Å². The molecule has 0 aliphatic heterocycles. The highest BCUT2D eigenvalue weighted by atomic mass is 35.5. The number of hydrogen-bond acceptors (Lipinski definition) is 2. The molecule has 76 valence electrons. The Morgan fingerprint density at radius 1 is 1.50 bits per heavy atom. The molecule has 1 N–H and O–H groups in total. The fourth-order valence-electron chi connectivity index (χ4n) is 1.05. The first-order valence-corrected chi connectivity index (χ1v) is 4.79. The SMILES string of the molecule is C/C=C/COc1ccc(Cl)cc1CO. The van der Waals surface area contributed by atoms with Crippen LogP contribution in [-0.2, 0) is 6.61 Å². The van der Waals surface area contributed by atoms with Gasteiger partial charge in [-0.3, -0.25) is 0 Å². The number of benzene rings is 1. The molecule has 0 aliphatic rings. The second-order valence-corrected chi connectivity index (χ2v) is 3.23. The van der Waals surface area contributed by atoms with E-state index in [2.05, 4.69) is 0 Å². The van der Waals surface area contributed by atoms with Crippen LogP contribution >= 0.6 is 11.6 Å². The Morgan fingerprint density at radius 3 is 2.93 bits per heavy atom. The van der Waals surface area contributed by atoms with Gasteiger partial charge < -0.3 is 9.84 Å². The quantitative estimate of drug-likeness (QED) is 0.778. The number of allylic oxidation sites excluding steroid dienone is 1. The molecule has 0 amide bonds. The highest BCUT2D eigenvalue weighted by Crippen LogP contribution is 2.22. The van der Waals surface area contributed by atoms with E-state index in [0.29, 0.717) is 22.9 Å². The summed E-state index contributed by atoms with van der Waals surface area (Å²) in [5.74, 6) is 0.676. The highest BCUT2D eigenvalue weighted by Gasteiger charge is 2.02. The van der Waals surface area contributed by atoms with Crippen molar-refractivity contribution >= 4 is 11.6 Å². The van der Waals surface area contributed by atoms with Crippen molar-refractivity contribution in [2.45, 2.75) is 13.5 Å². The molecule has 0 aromatic heterocycles. The van der Waals surface area contributed by atoms with Crippen LogP contribution < -0.4 is 4.74 Å². The summed E-state index contributed by atoms with van der Waals surface area (Å²) >= 11 is 5.78. The number of ether oxygens (including phenoxy) is 1. The molecule has 0 saturated carbocycles. The molecule has 0 fully saturated rings. The number of aliphatic hydroxyl groups excluding tert-OH is 1. The van der Waals surface area contributed by atoms with Crippen LogP contribution in [0.15, 0.2) is 30.4 Å². The predicted molar refractivity (Wildman–Crippen MR) is 57.7 cm³/mol. The molecule has 1 rings (SSSR count). The van der Waals surface area contributed by atoms with Gasteiger partial charge in [-0.25, -0.2) is 0 Å². The van der Waals surface area contributed by atoms with Crippen LogP contribution in [0.1, 0.15) is 12.5 Å². The maximum Gasteiger partial charge on any atom is 0.125 e. The van der Waals surface area contributed by atoms with Crippen LogP contribution in [0.3, 0.4) is 0 Å². The Kier molecular flexibility index (Phi) is 4.50. The van der Waals surface area contributed by atoms with E-state index in [-0.39, 0.29) is 6.61 Å². The molecule has 0 bridgehead atoms. The topological polar surface area (TPSA) is 29.5 Å². The molecule has 0 aliphatic carbocycles. The maximum atomic E-state index is 9.04. The van der Waals surface area contributed by atoms with Gasteiger partial charge in [0.15, 0.2) is 0 Å². The zero-order valence-corrected chi connectivity index (χ0v) is 8.79. The van der Waals surface area contributed by atoms with Gasteiger partial charge >= 0.3 is 0 Å². The lowest BCUT2D eigenvalue weighted by molar-refractivity contribution is 0.270. The van der Waals surface area contributed by atoms with Gasteiger partial charge in [0.05, 0.1) is 6.61 Å². The summed E-state index contributed by atoms with van der Waals surface area (Å²) in [5, 5.41) is 9.65. The van der Waals surface area contributed by atoms with E-state index < -0.39 is 0 Å². The van der Waals surface area contributed by atoms with E-state index in [9.17, 15) is 0 Å². The Bertz CT molecular complexity index is 321. The largest absolute Gasteiger partial charge is 0.489 e. The zero-order chi connectivity index (χ0) is 10.4. The van der Waals surface area contributed by atoms with E-state index >= 15 is 0 Å². The normalized spacial score (nSPS) is 10.8. The van der Waals surface area contributed by atoms with Gasteiger partial charge in [0, 0.05) is 10.6 Å². The summed E-state index contributed by atoms with van der Waals surface area (Å²) in [6, 6.07) is 5.20. The molecule has 0 radical (unpaired) electrons. The van der Waals surface area contributed by atoms with Gasteiger partial charge in [0.25, 0.3) is 0 Å². The minimum absolute atomic E-state index is 0.0638. The van der Waals surface area contributed by atoms with Crippen molar-refractivity contribution in [1.29, 1.82) is 0 Å². The molecular weight excluding hydrogens is 200 g/mol. The van der Waals surface area contributed by atoms with Crippen LogP contribution in [0.5, 0.6) is 5.75 Å². The van der Waals surface area contributed by atoms with Crippen molar-refractivity contribution in [3.8, 4) is 5.75 Å². The zero-order valence-electron chi connectivity index (χ0n) is 8.03. The van der Waals surface area contributed by atoms with E-state index in [1.807, 2.05) is 19.1 Å². The monoisotopic (exact) mass is 212 g/mol. The third-order valence-corrected chi connectivity index (χ3v) is 2.00. The predicted octanol–water partition coefficient (Wildman–Crippen LogP) is 2.79. The molecule has 2 nitrogen and oxygen atoms in total. The third kappa shape index (κ3) is 3.05. The van der Waals surface area contributed by atoms with E-state index in [0.717, 1.165) is 0 Å². The molecule has 14 heavy (non-hydrogen) atoms. The Morgan fingerprint density at radius 2 is 2.29 bits per heavy atom. The van der Waals surface area contributed by atoms with Gasteiger partial charge in [0.2, 0.25) is 0 Å². The summed E-state index contributed by atoms with van der Waals surface area (Å²) in [4.78, 5) is 0. The number of aliphatic hydroxyl groups is 1. The summed E-state index contributed by atoms with van der Waals surface area (Å²) in [6.45, 7) is 2.37. The molecule has 3 heteroatoms. The lowest BCUT2D eigenvalue weighted by Gasteiger charge is -2.08. The van der Waals surface area contributed by atoms with E-state index in [1.54, 1.807) is 18.2 Å². The van der Waals surface area contributed by atoms with Crippen LogP contribution in [0, 0.1) is 0 Å². The van der Waals surface area contributed by atoms with Crippen molar-refractivity contribution in [2.24, 2.45) is 0 Å². The fourth-order valence-corrected chi connectivity index (χ4v) is 1.24. The molecule has 1 aromatic carbocycles. The Hall–Kier alpha value is -0.990. The van der Waals surface area contributed by atoms with Crippen LogP contribution in [0.25, 0.3) is 0 Å². The number of halogens is 1. The Balaban J connectivity index is 2.74. The van der Waals surface area contributed by atoms with Crippen LogP contribution in [0.4, 0.5) is 0 Å². The van der Waals surface area contributed by atoms with Crippen molar-refractivity contribution < 1.29 is 9.84 Å². The summed E-state index contributed by atoms with van der Waals surface area (Å²) < 4.78 is 5.42. The van der Waals surface area contributed by atoms with Crippen molar-refractivity contribution in [3.63, 3.8) is 0 Å². The van der Waals surface area contributed by atoms with Crippen molar-refractivity contribution in [1.82, 2.24) is 0 Å². The molecular formula is C11H13ClO2. The second-order valence-electron chi connectivity index (χ2n) is 2.79. The lowest BCUT2D eigenvalue weighted by atomic mass is 10.2. The molecule has 1 aromatic rings. The first-order valence-electron chi connectivity index (χ1n) is 4.41. The molecule has 0 unspecified atom stereocenters. The minimum atomic E-state index is -0.0638. The van der Waals surface area contributed by atoms with Gasteiger partial charge in [-0.05, 0) is 25.1 Å². The third-order valence-electron chi connectivity index (χ3n) is 1.76. The average Bonchev–Trinajstić information content (AvgIpc) is 2.20. The molecule has 0 atom stereocenters. The van der Waals surface area contributed by atoms with Gasteiger partial charge in [-0.2, -0.15) is 0 Å². The van der Waals surface area contributed by atoms with Gasteiger partial charge in [-0.15, -0.1) is 0 Å². The molecule has 0 heterocycles. The summed E-state index contributed by atoms with van der Waals surface area (Å²) in [6.07, 6.45) is 3.81. The number of hydrogen-bond donors (Lipinski definition) is 1. The first kappa shape index (κ1) is 11.1. The fraction of sp³-hybridized carbons (Fsp3) is 0.273. The van der Waals surface area contributed by atoms with E-state index in [4.69, 9.17) is 21.4 Å². The smallest absolute Gasteiger partial charge is 0.125 e. The van der Waals surface area contributed by atoms with Crippen molar-refractivity contribution in [3.05, 3.63) is 40.9 Å². The lowest BCUT2D eigenvalue weighted by Crippen LogP contribution is -1.97. The number of rotatable bonds is 4. The minimum Gasteiger partial charge on any atom is -0.489 e. The summed E-state index contributed by atoms with van der Waals surface area (Å²) in [7, 11) is 0. The van der Waals surface area contributed by atoms with E-state index in [1.165, 1.54) is 0 Å². The van der Waals surface area contributed by atoms with Gasteiger partial charge in [-0.1, -0.05) is 23.8 Å².